The maximum atomic E-state index is 11.1. The van der Waals surface area contributed by atoms with E-state index in [-0.39, 0.29) is 30.0 Å². The number of hydrogen-bond acceptors (Lipinski definition) is 7. The van der Waals surface area contributed by atoms with Crippen molar-refractivity contribution in [2.75, 3.05) is 23.7 Å². The molecule has 116 valence electrons. The van der Waals surface area contributed by atoms with Gasteiger partial charge in [-0.1, -0.05) is 0 Å². The van der Waals surface area contributed by atoms with Crippen LogP contribution in [0.2, 0.25) is 0 Å². The van der Waals surface area contributed by atoms with Crippen LogP contribution in [-0.4, -0.2) is 46.1 Å². The first-order chi connectivity index (χ1) is 9.94. The Bertz CT molecular complexity index is 499. The lowest BCUT2D eigenvalue weighted by Crippen LogP contribution is -2.44. The first kappa shape index (κ1) is 15.3. The summed E-state index contributed by atoms with van der Waals surface area (Å²) >= 11 is 0. The van der Waals surface area contributed by atoms with Gasteiger partial charge in [0, 0.05) is 26.1 Å². The highest BCUT2D eigenvalue weighted by Crippen LogP contribution is 2.19. The molecule has 0 atom stereocenters. The molecule has 0 bridgehead atoms. The number of hydrogen-bond donors (Lipinski definition) is 2. The summed E-state index contributed by atoms with van der Waals surface area (Å²) in [5.74, 6) is 0.685. The molecule has 0 aromatic carbocycles. The average molecular weight is 294 g/mol. The maximum Gasteiger partial charge on any atom is 0.323 e. The summed E-state index contributed by atoms with van der Waals surface area (Å²) in [5, 5.41) is 2.93. The zero-order valence-corrected chi connectivity index (χ0v) is 12.7. The number of ether oxygens (including phenoxy) is 1. The third-order valence-corrected chi connectivity index (χ3v) is 3.15. The van der Waals surface area contributed by atoms with Crippen LogP contribution in [0.5, 0.6) is 6.01 Å². The normalized spacial score (nSPS) is 16.1. The zero-order chi connectivity index (χ0) is 15.4. The quantitative estimate of drug-likeness (QED) is 0.825. The van der Waals surface area contributed by atoms with Crippen LogP contribution in [0.25, 0.3) is 0 Å². The zero-order valence-electron chi connectivity index (χ0n) is 12.7. The van der Waals surface area contributed by atoms with Gasteiger partial charge >= 0.3 is 6.01 Å². The topological polar surface area (TPSA) is 106 Å². The standard InChI is InChI=1S/C13H22N6O2/c1-8(2)21-13-17-11(14)16-12(18-13)19-6-4-10(5-7-19)15-9(3)20/h8,10H,4-7H2,1-3H3,(H,15,20)(H2,14,16,17,18). The van der Waals surface area contributed by atoms with Crippen molar-refractivity contribution in [2.45, 2.75) is 45.8 Å². The fourth-order valence-electron chi connectivity index (χ4n) is 2.28. The molecule has 2 heterocycles. The van der Waals surface area contributed by atoms with E-state index < -0.39 is 0 Å². The second-order valence-corrected chi connectivity index (χ2v) is 5.40. The van der Waals surface area contributed by atoms with Gasteiger partial charge in [0.25, 0.3) is 0 Å². The molecule has 0 radical (unpaired) electrons. The van der Waals surface area contributed by atoms with Gasteiger partial charge in [-0.25, -0.2) is 0 Å². The Morgan fingerprint density at radius 1 is 1.33 bits per heavy atom. The fraction of sp³-hybridized carbons (Fsp3) is 0.692. The summed E-state index contributed by atoms with van der Waals surface area (Å²) in [5.41, 5.74) is 5.71. The Labute approximate surface area is 124 Å². The van der Waals surface area contributed by atoms with Crippen molar-refractivity contribution in [1.82, 2.24) is 20.3 Å². The molecule has 8 heteroatoms. The van der Waals surface area contributed by atoms with E-state index in [1.54, 1.807) is 0 Å². The molecule has 8 nitrogen and oxygen atoms in total. The van der Waals surface area contributed by atoms with Crippen LogP contribution in [0.3, 0.4) is 0 Å². The van der Waals surface area contributed by atoms with Gasteiger partial charge in [0.1, 0.15) is 0 Å². The minimum absolute atomic E-state index is 0.00507. The lowest BCUT2D eigenvalue weighted by atomic mass is 10.1. The molecule has 1 amide bonds. The van der Waals surface area contributed by atoms with E-state index in [0.29, 0.717) is 5.95 Å². The number of amides is 1. The van der Waals surface area contributed by atoms with Crippen molar-refractivity contribution >= 4 is 17.8 Å². The predicted octanol–water partition coefficient (Wildman–Crippen LogP) is 0.346. The van der Waals surface area contributed by atoms with Crippen LogP contribution >= 0.6 is 0 Å². The van der Waals surface area contributed by atoms with Gasteiger partial charge in [0.2, 0.25) is 17.8 Å². The Morgan fingerprint density at radius 2 is 2.00 bits per heavy atom. The maximum absolute atomic E-state index is 11.1. The van der Waals surface area contributed by atoms with Gasteiger partial charge in [0.15, 0.2) is 0 Å². The Balaban J connectivity index is 2.02. The lowest BCUT2D eigenvalue weighted by Gasteiger charge is -2.32. The number of nitrogens with one attached hydrogen (secondary N) is 1. The highest BCUT2D eigenvalue weighted by Gasteiger charge is 2.22. The van der Waals surface area contributed by atoms with Gasteiger partial charge in [-0.3, -0.25) is 4.79 Å². The number of nitrogens with zero attached hydrogens (tertiary/aromatic N) is 4. The molecule has 1 aliphatic heterocycles. The summed E-state index contributed by atoms with van der Waals surface area (Å²) in [4.78, 5) is 25.5. The van der Waals surface area contributed by atoms with E-state index in [1.165, 1.54) is 6.92 Å². The van der Waals surface area contributed by atoms with Crippen LogP contribution in [0.1, 0.15) is 33.6 Å². The number of rotatable bonds is 4. The van der Waals surface area contributed by atoms with E-state index in [1.807, 2.05) is 18.7 Å². The number of carbonyl (C=O) groups is 1. The molecule has 0 spiro atoms. The van der Waals surface area contributed by atoms with Crippen LogP contribution in [-0.2, 0) is 4.79 Å². The van der Waals surface area contributed by atoms with Crippen LogP contribution < -0.4 is 20.7 Å². The van der Waals surface area contributed by atoms with E-state index >= 15 is 0 Å². The number of anilines is 2. The average Bonchev–Trinajstić information content (AvgIpc) is 2.37. The number of nitrogens with two attached hydrogens (primary N) is 1. The molecule has 1 aliphatic rings. The van der Waals surface area contributed by atoms with Gasteiger partial charge in [-0.2, -0.15) is 15.0 Å². The van der Waals surface area contributed by atoms with Crippen molar-refractivity contribution in [3.05, 3.63) is 0 Å². The fourth-order valence-corrected chi connectivity index (χ4v) is 2.28. The first-order valence-corrected chi connectivity index (χ1v) is 7.14. The summed E-state index contributed by atoms with van der Waals surface area (Å²) in [6.45, 7) is 6.86. The Kier molecular flexibility index (Phi) is 4.77. The molecule has 21 heavy (non-hydrogen) atoms. The Morgan fingerprint density at radius 3 is 2.57 bits per heavy atom. The smallest absolute Gasteiger partial charge is 0.323 e. The van der Waals surface area contributed by atoms with Crippen LogP contribution in [0.15, 0.2) is 0 Å². The molecule has 1 aromatic heterocycles. The molecule has 0 unspecified atom stereocenters. The Hall–Kier alpha value is -2.12. The summed E-state index contributed by atoms with van der Waals surface area (Å²) in [6, 6.07) is 0.459. The SMILES string of the molecule is CC(=O)NC1CCN(c2nc(N)nc(OC(C)C)n2)CC1. The van der Waals surface area contributed by atoms with Crippen LogP contribution in [0, 0.1) is 0 Å². The van der Waals surface area contributed by atoms with Gasteiger partial charge < -0.3 is 20.7 Å². The van der Waals surface area contributed by atoms with Crippen molar-refractivity contribution in [3.63, 3.8) is 0 Å². The van der Waals surface area contributed by atoms with Crippen molar-refractivity contribution in [3.8, 4) is 6.01 Å². The number of carbonyl (C=O) groups excluding carboxylic acids is 1. The number of aromatic nitrogens is 3. The molecular formula is C13H22N6O2. The van der Waals surface area contributed by atoms with Crippen molar-refractivity contribution < 1.29 is 9.53 Å². The van der Waals surface area contributed by atoms with Crippen LogP contribution in [0.4, 0.5) is 11.9 Å². The monoisotopic (exact) mass is 294 g/mol. The van der Waals surface area contributed by atoms with Crippen molar-refractivity contribution in [1.29, 1.82) is 0 Å². The van der Waals surface area contributed by atoms with E-state index in [2.05, 4.69) is 20.3 Å². The molecule has 1 fully saturated rings. The first-order valence-electron chi connectivity index (χ1n) is 7.14. The molecule has 1 aromatic rings. The highest BCUT2D eigenvalue weighted by atomic mass is 16.5. The van der Waals surface area contributed by atoms with Crippen molar-refractivity contribution in [2.24, 2.45) is 0 Å². The van der Waals surface area contributed by atoms with Gasteiger partial charge in [0.05, 0.1) is 6.10 Å². The van der Waals surface area contributed by atoms with E-state index in [9.17, 15) is 4.79 Å². The lowest BCUT2D eigenvalue weighted by molar-refractivity contribution is -0.119. The number of nitrogen functional groups attached to an aromatic ring is 1. The van der Waals surface area contributed by atoms with Gasteiger partial charge in [-0.15, -0.1) is 0 Å². The van der Waals surface area contributed by atoms with Gasteiger partial charge in [-0.05, 0) is 26.7 Å². The second-order valence-electron chi connectivity index (χ2n) is 5.40. The minimum Gasteiger partial charge on any atom is -0.461 e. The molecule has 0 saturated carbocycles. The van der Waals surface area contributed by atoms with E-state index in [4.69, 9.17) is 10.5 Å². The third kappa shape index (κ3) is 4.44. The summed E-state index contributed by atoms with van der Waals surface area (Å²) < 4.78 is 5.47. The van der Waals surface area contributed by atoms with E-state index in [0.717, 1.165) is 25.9 Å². The molecule has 1 saturated heterocycles. The number of piperidine rings is 1. The molecular weight excluding hydrogens is 272 g/mol. The summed E-state index contributed by atoms with van der Waals surface area (Å²) in [6.07, 6.45) is 1.68. The molecule has 0 aliphatic carbocycles. The third-order valence-electron chi connectivity index (χ3n) is 3.15. The molecule has 2 rings (SSSR count). The molecule has 3 N–H and O–H groups in total. The largest absolute Gasteiger partial charge is 0.461 e. The predicted molar refractivity (Wildman–Crippen MR) is 79.1 cm³/mol. The minimum atomic E-state index is -0.0230. The summed E-state index contributed by atoms with van der Waals surface area (Å²) in [7, 11) is 0. The second kappa shape index (κ2) is 6.55. The highest BCUT2D eigenvalue weighted by molar-refractivity contribution is 5.73.